The van der Waals surface area contributed by atoms with Crippen LogP contribution in [0.5, 0.6) is 0 Å². The molecule has 1 aromatic carbocycles. The standard InChI is InChI=1S/C18H19ClN4S/c19-13-5-6-14-15(12-13)21-18(16-4-3-11-24-16)22-17(14)20-7-10-23-8-1-2-9-23/h3-6,11-12H,1-2,7-10H2,(H,20,21,22)/p+1. The lowest BCUT2D eigenvalue weighted by Gasteiger charge is -2.14. The number of hydrogen-bond acceptors (Lipinski definition) is 4. The van der Waals surface area contributed by atoms with Crippen molar-refractivity contribution in [2.24, 2.45) is 0 Å². The summed E-state index contributed by atoms with van der Waals surface area (Å²) in [4.78, 5) is 12.2. The molecule has 1 fully saturated rings. The van der Waals surface area contributed by atoms with Crippen molar-refractivity contribution in [1.82, 2.24) is 9.97 Å². The Balaban J connectivity index is 1.63. The van der Waals surface area contributed by atoms with Gasteiger partial charge in [0.15, 0.2) is 5.82 Å². The zero-order valence-corrected chi connectivity index (χ0v) is 15.0. The summed E-state index contributed by atoms with van der Waals surface area (Å²) in [5.74, 6) is 1.66. The predicted octanol–water partition coefficient (Wildman–Crippen LogP) is 3.10. The molecule has 0 bridgehead atoms. The highest BCUT2D eigenvalue weighted by molar-refractivity contribution is 7.13. The molecule has 0 saturated carbocycles. The second-order valence-corrected chi connectivity index (χ2v) is 7.55. The molecule has 124 valence electrons. The summed E-state index contributed by atoms with van der Waals surface area (Å²) in [6.45, 7) is 4.64. The average Bonchev–Trinajstić information content (AvgIpc) is 3.28. The van der Waals surface area contributed by atoms with Crippen LogP contribution in [0.15, 0.2) is 35.7 Å². The number of aromatic nitrogens is 2. The SMILES string of the molecule is Clc1ccc2c(NCC[NH+]3CCCC3)nc(-c3cccs3)nc2c1. The quantitative estimate of drug-likeness (QED) is 0.735. The third-order valence-electron chi connectivity index (χ3n) is 4.48. The van der Waals surface area contributed by atoms with Crippen molar-refractivity contribution in [2.75, 3.05) is 31.5 Å². The van der Waals surface area contributed by atoms with Gasteiger partial charge in [-0.2, -0.15) is 0 Å². The molecule has 1 aliphatic heterocycles. The molecule has 24 heavy (non-hydrogen) atoms. The molecular weight excluding hydrogens is 340 g/mol. The van der Waals surface area contributed by atoms with Crippen molar-refractivity contribution in [1.29, 1.82) is 0 Å². The maximum absolute atomic E-state index is 6.16. The van der Waals surface area contributed by atoms with Gasteiger partial charge in [0, 0.05) is 23.3 Å². The van der Waals surface area contributed by atoms with Crippen molar-refractivity contribution in [3.8, 4) is 10.7 Å². The summed E-state index contributed by atoms with van der Waals surface area (Å²) in [6.07, 6.45) is 2.71. The number of nitrogens with zero attached hydrogens (tertiary/aromatic N) is 2. The van der Waals surface area contributed by atoms with Crippen LogP contribution in [0.3, 0.4) is 0 Å². The first-order valence-corrected chi connectivity index (χ1v) is 9.64. The van der Waals surface area contributed by atoms with E-state index in [-0.39, 0.29) is 0 Å². The predicted molar refractivity (Wildman–Crippen MR) is 101 cm³/mol. The van der Waals surface area contributed by atoms with E-state index in [0.29, 0.717) is 5.02 Å². The highest BCUT2D eigenvalue weighted by Gasteiger charge is 2.15. The third kappa shape index (κ3) is 3.38. The smallest absolute Gasteiger partial charge is 0.172 e. The Morgan fingerprint density at radius 1 is 1.17 bits per heavy atom. The molecule has 4 nitrogen and oxygen atoms in total. The van der Waals surface area contributed by atoms with Gasteiger partial charge in [-0.15, -0.1) is 11.3 Å². The Bertz CT molecular complexity index is 828. The molecular formula is C18H20ClN4S+. The van der Waals surface area contributed by atoms with Crippen LogP contribution >= 0.6 is 22.9 Å². The highest BCUT2D eigenvalue weighted by Crippen LogP contribution is 2.28. The van der Waals surface area contributed by atoms with Crippen molar-refractivity contribution in [3.05, 3.63) is 40.7 Å². The van der Waals surface area contributed by atoms with Gasteiger partial charge in [-0.1, -0.05) is 17.7 Å². The van der Waals surface area contributed by atoms with Crippen molar-refractivity contribution in [3.63, 3.8) is 0 Å². The molecule has 3 heterocycles. The molecule has 6 heteroatoms. The Kier molecular flexibility index (Phi) is 4.65. The van der Waals surface area contributed by atoms with Crippen LogP contribution in [0.1, 0.15) is 12.8 Å². The topological polar surface area (TPSA) is 42.2 Å². The Labute approximate surface area is 150 Å². The lowest BCUT2D eigenvalue weighted by atomic mass is 10.2. The number of nitrogens with one attached hydrogen (secondary N) is 2. The van der Waals surface area contributed by atoms with Gasteiger partial charge in [0.25, 0.3) is 0 Å². The van der Waals surface area contributed by atoms with Crippen LogP contribution in [0.4, 0.5) is 5.82 Å². The molecule has 0 aliphatic carbocycles. The van der Waals surface area contributed by atoms with E-state index >= 15 is 0 Å². The van der Waals surface area contributed by atoms with Gasteiger partial charge in [-0.25, -0.2) is 9.97 Å². The van der Waals surface area contributed by atoms with Crippen LogP contribution in [0, 0.1) is 0 Å². The monoisotopic (exact) mass is 359 g/mol. The van der Waals surface area contributed by atoms with Crippen molar-refractivity contribution >= 4 is 39.7 Å². The van der Waals surface area contributed by atoms with Crippen molar-refractivity contribution in [2.45, 2.75) is 12.8 Å². The number of halogens is 1. The lowest BCUT2D eigenvalue weighted by molar-refractivity contribution is -0.885. The fourth-order valence-corrected chi connectivity index (χ4v) is 4.06. The molecule has 1 aliphatic rings. The second kappa shape index (κ2) is 7.05. The van der Waals surface area contributed by atoms with E-state index in [1.807, 2.05) is 29.6 Å². The molecule has 1 saturated heterocycles. The van der Waals surface area contributed by atoms with E-state index in [9.17, 15) is 0 Å². The van der Waals surface area contributed by atoms with Gasteiger partial charge in [-0.05, 0) is 29.6 Å². The number of hydrogen-bond donors (Lipinski definition) is 2. The fourth-order valence-electron chi connectivity index (χ4n) is 3.24. The molecule has 0 unspecified atom stereocenters. The number of fused-ring (bicyclic) bond motifs is 1. The summed E-state index contributed by atoms with van der Waals surface area (Å²) in [6, 6.07) is 9.88. The average molecular weight is 360 g/mol. The second-order valence-electron chi connectivity index (χ2n) is 6.17. The molecule has 0 amide bonds. The number of rotatable bonds is 5. The van der Waals surface area contributed by atoms with Crippen LogP contribution in [0.25, 0.3) is 21.6 Å². The summed E-state index contributed by atoms with van der Waals surface area (Å²) in [5, 5.41) is 7.30. The normalized spacial score (nSPS) is 15.2. The number of thiophene rings is 1. The van der Waals surface area contributed by atoms with Gasteiger partial charge in [0.2, 0.25) is 0 Å². The first-order valence-electron chi connectivity index (χ1n) is 8.38. The summed E-state index contributed by atoms with van der Waals surface area (Å²) < 4.78 is 0. The van der Waals surface area contributed by atoms with Crippen LogP contribution in [0.2, 0.25) is 5.02 Å². The van der Waals surface area contributed by atoms with Gasteiger partial charge < -0.3 is 10.2 Å². The van der Waals surface area contributed by atoms with E-state index in [0.717, 1.165) is 40.5 Å². The molecule has 2 aromatic heterocycles. The number of anilines is 1. The first-order chi connectivity index (χ1) is 11.8. The molecule has 4 rings (SSSR count). The molecule has 0 atom stereocenters. The summed E-state index contributed by atoms with van der Waals surface area (Å²) >= 11 is 7.81. The number of quaternary nitrogens is 1. The minimum absolute atomic E-state index is 0.700. The number of likely N-dealkylation sites (tertiary alicyclic amines) is 1. The maximum atomic E-state index is 6.16. The number of benzene rings is 1. The minimum atomic E-state index is 0.700. The van der Waals surface area contributed by atoms with E-state index in [2.05, 4.69) is 11.4 Å². The van der Waals surface area contributed by atoms with Gasteiger partial charge in [-0.3, -0.25) is 0 Å². The van der Waals surface area contributed by atoms with Gasteiger partial charge >= 0.3 is 0 Å². The lowest BCUT2D eigenvalue weighted by Crippen LogP contribution is -3.10. The molecule has 2 N–H and O–H groups in total. The fraction of sp³-hybridized carbons (Fsp3) is 0.333. The van der Waals surface area contributed by atoms with E-state index < -0.39 is 0 Å². The Morgan fingerprint density at radius 2 is 2.04 bits per heavy atom. The molecule has 0 radical (unpaired) electrons. The first kappa shape index (κ1) is 15.8. The van der Waals surface area contributed by atoms with E-state index in [1.165, 1.54) is 25.9 Å². The van der Waals surface area contributed by atoms with E-state index in [1.54, 1.807) is 16.2 Å². The highest BCUT2D eigenvalue weighted by atomic mass is 35.5. The van der Waals surface area contributed by atoms with E-state index in [4.69, 9.17) is 21.6 Å². The van der Waals surface area contributed by atoms with Crippen LogP contribution in [-0.2, 0) is 0 Å². The zero-order valence-electron chi connectivity index (χ0n) is 13.4. The maximum Gasteiger partial charge on any atom is 0.172 e. The minimum Gasteiger partial charge on any atom is -0.364 e. The van der Waals surface area contributed by atoms with Crippen LogP contribution < -0.4 is 10.2 Å². The van der Waals surface area contributed by atoms with Gasteiger partial charge in [0.05, 0.1) is 36.6 Å². The third-order valence-corrected chi connectivity index (χ3v) is 5.58. The molecule has 3 aromatic rings. The zero-order chi connectivity index (χ0) is 16.4. The van der Waals surface area contributed by atoms with Gasteiger partial charge in [0.1, 0.15) is 5.82 Å². The largest absolute Gasteiger partial charge is 0.364 e. The summed E-state index contributed by atoms with van der Waals surface area (Å²) in [7, 11) is 0. The summed E-state index contributed by atoms with van der Waals surface area (Å²) in [5.41, 5.74) is 0.886. The Hall–Kier alpha value is -1.69. The van der Waals surface area contributed by atoms with Crippen LogP contribution in [-0.4, -0.2) is 36.1 Å². The molecule has 0 spiro atoms. The van der Waals surface area contributed by atoms with Crippen molar-refractivity contribution < 1.29 is 4.90 Å². The Morgan fingerprint density at radius 3 is 2.83 bits per heavy atom.